The van der Waals surface area contributed by atoms with Crippen molar-refractivity contribution in [1.29, 1.82) is 0 Å². The predicted octanol–water partition coefficient (Wildman–Crippen LogP) is 4.16. The first-order valence-corrected chi connectivity index (χ1v) is 9.08. The highest BCUT2D eigenvalue weighted by molar-refractivity contribution is 6.45. The van der Waals surface area contributed by atoms with Crippen molar-refractivity contribution in [2.24, 2.45) is 5.92 Å². The number of benzene rings is 1. The Morgan fingerprint density at radius 1 is 1.25 bits per heavy atom. The van der Waals surface area contributed by atoms with Crippen molar-refractivity contribution in [3.8, 4) is 0 Å². The van der Waals surface area contributed by atoms with E-state index in [9.17, 15) is 0 Å². The molecule has 2 unspecified atom stereocenters. The molecule has 104 valence electrons. The maximum atomic E-state index is 2.57. The van der Waals surface area contributed by atoms with Gasteiger partial charge in [0.05, 0.1) is 15.6 Å². The van der Waals surface area contributed by atoms with Gasteiger partial charge in [0.1, 0.15) is 0 Å². The molecular weight excluding hydrogens is 258 g/mol. The van der Waals surface area contributed by atoms with E-state index < -0.39 is 0 Å². The van der Waals surface area contributed by atoms with Crippen LogP contribution in [0.1, 0.15) is 37.9 Å². The Balaban J connectivity index is 2.09. The monoisotopic (exact) mass is 281 g/mol. The molecule has 0 N–H and O–H groups in total. The van der Waals surface area contributed by atoms with Crippen LogP contribution in [0.15, 0.2) is 47.3 Å². The van der Waals surface area contributed by atoms with Gasteiger partial charge in [0.15, 0.2) is 0 Å². The SMILES string of the molecule is C[Si]C1=CN2C(C)Cc3ccccc3C2C=C1C(C)C. The summed E-state index contributed by atoms with van der Waals surface area (Å²) in [6.45, 7) is 9.27. The first-order valence-electron chi connectivity index (χ1n) is 7.58. The average Bonchev–Trinajstić information content (AvgIpc) is 2.46. The van der Waals surface area contributed by atoms with Crippen LogP contribution in [0.5, 0.6) is 0 Å². The van der Waals surface area contributed by atoms with Crippen LogP contribution in [-0.2, 0) is 6.42 Å². The summed E-state index contributed by atoms with van der Waals surface area (Å²) in [7, 11) is 0.878. The molecule has 2 radical (unpaired) electrons. The van der Waals surface area contributed by atoms with E-state index in [4.69, 9.17) is 0 Å². The molecule has 1 nitrogen and oxygen atoms in total. The number of hydrogen-bond donors (Lipinski definition) is 0. The summed E-state index contributed by atoms with van der Waals surface area (Å²) in [6, 6.07) is 9.98. The van der Waals surface area contributed by atoms with E-state index in [1.165, 1.54) is 11.1 Å². The third-order valence-corrected chi connectivity index (χ3v) is 5.49. The van der Waals surface area contributed by atoms with Gasteiger partial charge in [-0.3, -0.25) is 0 Å². The normalized spacial score (nSPS) is 24.9. The van der Waals surface area contributed by atoms with E-state index in [1.807, 2.05) is 0 Å². The molecular formula is C18H23NSi. The molecule has 2 heterocycles. The minimum absolute atomic E-state index is 0.437. The van der Waals surface area contributed by atoms with E-state index in [2.05, 4.69) is 68.8 Å². The molecule has 2 atom stereocenters. The lowest BCUT2D eigenvalue weighted by molar-refractivity contribution is 0.225. The second-order valence-corrected chi connectivity index (χ2v) is 7.25. The zero-order valence-corrected chi connectivity index (χ0v) is 13.9. The first-order chi connectivity index (χ1) is 9.61. The highest BCUT2D eigenvalue weighted by Crippen LogP contribution is 2.40. The van der Waals surface area contributed by atoms with Crippen LogP contribution < -0.4 is 0 Å². The lowest BCUT2D eigenvalue weighted by Crippen LogP contribution is -2.40. The molecule has 2 aliphatic rings. The van der Waals surface area contributed by atoms with E-state index >= 15 is 0 Å². The lowest BCUT2D eigenvalue weighted by atomic mass is 9.85. The second-order valence-electron chi connectivity index (χ2n) is 6.21. The van der Waals surface area contributed by atoms with E-state index in [-0.39, 0.29) is 0 Å². The molecule has 2 aliphatic heterocycles. The fourth-order valence-corrected chi connectivity index (χ4v) is 4.39. The molecule has 0 spiro atoms. The molecule has 20 heavy (non-hydrogen) atoms. The van der Waals surface area contributed by atoms with E-state index in [0.717, 1.165) is 15.9 Å². The van der Waals surface area contributed by atoms with Gasteiger partial charge in [-0.15, -0.1) is 0 Å². The summed E-state index contributed by atoms with van der Waals surface area (Å²) in [4.78, 5) is 2.57. The minimum atomic E-state index is 0.437. The Hall–Kier alpha value is -1.28. The van der Waals surface area contributed by atoms with Crippen molar-refractivity contribution in [3.63, 3.8) is 0 Å². The summed E-state index contributed by atoms with van der Waals surface area (Å²) in [5.41, 5.74) is 4.57. The molecule has 0 saturated heterocycles. The molecule has 1 aromatic carbocycles. The first kappa shape index (κ1) is 13.7. The molecule has 0 bridgehead atoms. The summed E-state index contributed by atoms with van der Waals surface area (Å²) in [5.74, 6) is 0.611. The molecule has 0 aromatic heterocycles. The number of fused-ring (bicyclic) bond motifs is 3. The Morgan fingerprint density at radius 2 is 2.00 bits per heavy atom. The summed E-state index contributed by atoms with van der Waals surface area (Å²) in [6.07, 6.45) is 6.12. The Labute approximate surface area is 125 Å². The van der Waals surface area contributed by atoms with Crippen molar-refractivity contribution in [2.75, 3.05) is 0 Å². The zero-order chi connectivity index (χ0) is 14.3. The van der Waals surface area contributed by atoms with Gasteiger partial charge in [-0.05, 0) is 47.4 Å². The molecule has 0 amide bonds. The van der Waals surface area contributed by atoms with Crippen LogP contribution >= 0.6 is 0 Å². The van der Waals surface area contributed by atoms with Crippen molar-refractivity contribution in [1.82, 2.24) is 4.90 Å². The summed E-state index contributed by atoms with van der Waals surface area (Å²) >= 11 is 0. The van der Waals surface area contributed by atoms with Crippen LogP contribution in [0, 0.1) is 5.92 Å². The number of rotatable bonds is 2. The van der Waals surface area contributed by atoms with Crippen LogP contribution in [0.3, 0.4) is 0 Å². The maximum Gasteiger partial charge on any atom is 0.0797 e. The van der Waals surface area contributed by atoms with Crippen LogP contribution in [0.4, 0.5) is 0 Å². The van der Waals surface area contributed by atoms with Gasteiger partial charge in [-0.1, -0.05) is 50.7 Å². The number of nitrogens with zero attached hydrogens (tertiary/aromatic N) is 1. The fourth-order valence-electron chi connectivity index (χ4n) is 3.45. The molecule has 1 aromatic rings. The smallest absolute Gasteiger partial charge is 0.0797 e. The minimum Gasteiger partial charge on any atom is -0.364 e. The van der Waals surface area contributed by atoms with Gasteiger partial charge in [-0.2, -0.15) is 0 Å². The average molecular weight is 281 g/mol. The van der Waals surface area contributed by atoms with E-state index in [1.54, 1.807) is 10.8 Å². The van der Waals surface area contributed by atoms with Gasteiger partial charge in [-0.25, -0.2) is 0 Å². The number of hydrogen-bond acceptors (Lipinski definition) is 1. The van der Waals surface area contributed by atoms with E-state index in [0.29, 0.717) is 18.0 Å². The highest BCUT2D eigenvalue weighted by atomic mass is 28.2. The Bertz CT molecular complexity index is 571. The standard InChI is InChI=1S/C18H23NSi/c1-12(2)16-10-17-15-8-6-5-7-14(15)9-13(3)19(17)11-18(16)20-4/h5-8,10-13,17H,9H2,1-4H3. The Morgan fingerprint density at radius 3 is 2.70 bits per heavy atom. The predicted molar refractivity (Wildman–Crippen MR) is 86.8 cm³/mol. The molecule has 0 saturated carbocycles. The maximum absolute atomic E-state index is 2.57. The second kappa shape index (κ2) is 5.25. The van der Waals surface area contributed by atoms with Gasteiger partial charge in [0.2, 0.25) is 0 Å². The lowest BCUT2D eigenvalue weighted by Gasteiger charge is -2.44. The van der Waals surface area contributed by atoms with Gasteiger partial charge >= 0.3 is 0 Å². The fraction of sp³-hybridized carbons (Fsp3) is 0.444. The summed E-state index contributed by atoms with van der Waals surface area (Å²) < 4.78 is 0. The molecule has 3 rings (SSSR count). The van der Waals surface area contributed by atoms with Gasteiger partial charge < -0.3 is 4.90 Å². The Kier molecular flexibility index (Phi) is 3.59. The third-order valence-electron chi connectivity index (χ3n) is 4.54. The van der Waals surface area contributed by atoms with Gasteiger partial charge in [0.25, 0.3) is 0 Å². The largest absolute Gasteiger partial charge is 0.364 e. The van der Waals surface area contributed by atoms with Crippen molar-refractivity contribution in [2.45, 2.75) is 45.8 Å². The number of allylic oxidation sites excluding steroid dienone is 2. The van der Waals surface area contributed by atoms with Crippen molar-refractivity contribution in [3.05, 3.63) is 58.4 Å². The highest BCUT2D eigenvalue weighted by Gasteiger charge is 2.32. The van der Waals surface area contributed by atoms with Crippen LogP contribution in [-0.4, -0.2) is 20.5 Å². The van der Waals surface area contributed by atoms with Crippen molar-refractivity contribution >= 4 is 9.52 Å². The molecule has 0 aliphatic carbocycles. The molecule has 2 heteroatoms. The van der Waals surface area contributed by atoms with Gasteiger partial charge in [0, 0.05) is 6.04 Å². The van der Waals surface area contributed by atoms with Crippen LogP contribution in [0.25, 0.3) is 0 Å². The third kappa shape index (κ3) is 2.16. The zero-order valence-electron chi connectivity index (χ0n) is 12.9. The molecule has 0 fully saturated rings. The van der Waals surface area contributed by atoms with Crippen LogP contribution in [0.2, 0.25) is 6.55 Å². The topological polar surface area (TPSA) is 3.24 Å². The quantitative estimate of drug-likeness (QED) is 0.736. The van der Waals surface area contributed by atoms with Crippen molar-refractivity contribution < 1.29 is 0 Å². The summed E-state index contributed by atoms with van der Waals surface area (Å²) in [5, 5.41) is 1.54.